The van der Waals surface area contributed by atoms with Gasteiger partial charge in [-0.3, -0.25) is 0 Å². The van der Waals surface area contributed by atoms with Gasteiger partial charge < -0.3 is 39.6 Å². The Bertz CT molecular complexity index is 1540. The van der Waals surface area contributed by atoms with Gasteiger partial charge in [-0.15, -0.1) is 0 Å². The third kappa shape index (κ3) is 25.9. The summed E-state index contributed by atoms with van der Waals surface area (Å²) in [6.45, 7) is 6.95. The van der Waals surface area contributed by atoms with E-state index in [9.17, 15) is 59.0 Å². The van der Waals surface area contributed by atoms with E-state index in [0.29, 0.717) is 45.6 Å². The average Bonchev–Trinajstić information content (AvgIpc) is 3.22. The fourth-order valence-corrected chi connectivity index (χ4v) is 5.93. The van der Waals surface area contributed by atoms with Gasteiger partial charge >= 0.3 is 30.3 Å². The molecule has 2 amide bonds. The normalized spacial score (nSPS) is 17.1. The smallest absolute Gasteiger partial charge is 0.414 e. The molecule has 0 radical (unpaired) electrons. The number of aliphatic hydroxyl groups excluding tert-OH is 2. The Morgan fingerprint density at radius 1 is 0.641 bits per heavy atom. The summed E-state index contributed by atoms with van der Waals surface area (Å²) in [5.74, 6) is -5.31. The van der Waals surface area contributed by atoms with Crippen molar-refractivity contribution in [3.63, 3.8) is 0 Å². The molecule has 0 aliphatic carbocycles. The fourth-order valence-electron chi connectivity index (χ4n) is 5.93. The molecule has 2 unspecified atom stereocenters. The first-order valence-corrected chi connectivity index (χ1v) is 23.1. The number of hydrogen-bond donors (Lipinski definition) is 3. The molecule has 2 aromatic carbocycles. The quantitative estimate of drug-likeness (QED) is 0.143. The summed E-state index contributed by atoms with van der Waals surface area (Å²) in [7, 11) is -2.86. The van der Waals surface area contributed by atoms with Crippen LogP contribution in [0.1, 0.15) is 49.7 Å². The monoisotopic (exact) mass is 1630 g/mol. The first-order chi connectivity index (χ1) is 27.9. The summed E-state index contributed by atoms with van der Waals surface area (Å²) in [6, 6.07) is 18.7. The first kappa shape index (κ1) is 67.1. The molecule has 3 saturated heterocycles. The van der Waals surface area contributed by atoms with E-state index in [1.807, 2.05) is 60.7 Å². The molecule has 10 nitrogen and oxygen atoms in total. The summed E-state index contributed by atoms with van der Waals surface area (Å²) in [5, 5.41) is 21.0. The first-order valence-electron chi connectivity index (χ1n) is 19.6. The number of ether oxygens (including phenoxy) is 2. The van der Waals surface area contributed by atoms with Crippen molar-refractivity contribution in [1.82, 2.24) is 15.1 Å². The van der Waals surface area contributed by atoms with Crippen LogP contribution in [0.25, 0.3) is 0 Å². The third-order valence-electron chi connectivity index (χ3n) is 10.00. The largest absolute Gasteiger partial charge is 0.445 e. The molecule has 0 bridgehead atoms. The average molecular weight is 1630 g/mol. The summed E-state index contributed by atoms with van der Waals surface area (Å²) in [5.41, 5.74) is 1.83. The molecule has 24 heteroatoms. The maximum absolute atomic E-state index is 12.4. The number of halogens is 9. The zero-order valence-electron chi connectivity index (χ0n) is 35.5. The predicted molar refractivity (Wildman–Crippen MR) is 207 cm³/mol. The van der Waals surface area contributed by atoms with E-state index in [2.05, 4.69) is 5.32 Å². The molecule has 5 rings (SSSR count). The minimum absolute atomic E-state index is 0. The Hall–Kier alpha value is -1.13. The van der Waals surface area contributed by atoms with Crippen molar-refractivity contribution < 1.29 is 158 Å². The van der Waals surface area contributed by atoms with Crippen LogP contribution in [0.15, 0.2) is 60.7 Å². The number of aliphatic hydroxyl groups is 2. The van der Waals surface area contributed by atoms with Crippen LogP contribution >= 0.6 is 0 Å². The number of alkyl halides is 9. The van der Waals surface area contributed by atoms with Gasteiger partial charge in [-0.05, 0) is 74.6 Å². The maximum atomic E-state index is 12.4. The fraction of sp³-hybridized carbons (Fsp3) is 0.625. The maximum Gasteiger partial charge on any atom is 0.414 e. The minimum Gasteiger partial charge on any atom is -0.445 e. The number of amides is 2. The van der Waals surface area contributed by atoms with Gasteiger partial charge in [-0.1, -0.05) is 80.3 Å². The van der Waals surface area contributed by atoms with E-state index >= 15 is 0 Å². The van der Waals surface area contributed by atoms with Crippen molar-refractivity contribution in [2.24, 2.45) is 17.8 Å². The van der Waals surface area contributed by atoms with Gasteiger partial charge in [-0.2, -0.15) is 39.5 Å². The molecular weight excluding hydrogens is 1570 g/mol. The molecule has 3 aliphatic rings. The second-order valence-electron chi connectivity index (χ2n) is 15.7. The molecule has 3 aliphatic heterocycles. The molecule has 3 heterocycles. The topological polar surface area (TPSA) is 129 Å². The zero-order valence-corrected chi connectivity index (χ0v) is 48.2. The van der Waals surface area contributed by atoms with Crippen LogP contribution in [0.3, 0.4) is 0 Å². The zero-order chi connectivity index (χ0) is 45.1. The Kier molecular flexibility index (Phi) is 34.2. The Balaban J connectivity index is -0.000000803. The van der Waals surface area contributed by atoms with Crippen LogP contribution in [0.2, 0.25) is 19.6 Å². The van der Waals surface area contributed by atoms with E-state index in [1.54, 1.807) is 4.90 Å². The number of nitrogens with one attached hydrogen (secondary N) is 1. The summed E-state index contributed by atoms with van der Waals surface area (Å²) in [6.07, 6.45) is -10.9. The standard InChI is InChI=1S/C15H18F3NO3.C14H17NO3.C7H12F3NO.C4H9F3Si.4W/c16-15(17,18)13(20)12-6-8-19(9-7-12)14(21)22-10-11-4-2-1-3-5-11;16-10-12-6-8-15(9-7-12)14(17)18-11-13-4-2-1-3-5-13;8-7(9,10)6(12)5-1-3-11-4-2-5;1-8(2,3)4(5,6)7;;;;/h1-5,12-13,20H,6-10H2;1-5,10,12H,6-9,11H2;5-6,11-12H,1-4H2;1-3H3;;;;. The van der Waals surface area contributed by atoms with Gasteiger partial charge in [-0.25, -0.2) is 9.59 Å². The molecule has 2 atom stereocenters. The molecule has 64 heavy (non-hydrogen) atoms. The van der Waals surface area contributed by atoms with Crippen LogP contribution in [0, 0.1) is 17.8 Å². The second kappa shape index (κ2) is 32.6. The number of hydrogen-bond acceptors (Lipinski definition) is 8. The predicted octanol–water partition coefficient (Wildman–Crippen LogP) is 8.52. The Morgan fingerprint density at radius 2 is 0.953 bits per heavy atom. The number of carbonyl (C=O) groups excluding carboxylic acids is 3. The van der Waals surface area contributed by atoms with Crippen molar-refractivity contribution in [3.05, 3.63) is 71.8 Å². The van der Waals surface area contributed by atoms with Crippen molar-refractivity contribution in [2.45, 2.75) is 102 Å². The molecule has 364 valence electrons. The minimum atomic E-state index is -4.61. The summed E-state index contributed by atoms with van der Waals surface area (Å²) < 4.78 is 118. The van der Waals surface area contributed by atoms with E-state index in [-0.39, 0.29) is 129 Å². The van der Waals surface area contributed by atoms with Crippen LogP contribution in [0.5, 0.6) is 0 Å². The van der Waals surface area contributed by atoms with E-state index < -0.39 is 56.4 Å². The van der Waals surface area contributed by atoms with Crippen molar-refractivity contribution in [3.8, 4) is 0 Å². The van der Waals surface area contributed by atoms with Crippen molar-refractivity contribution >= 4 is 26.5 Å². The second-order valence-corrected chi connectivity index (χ2v) is 20.7. The SMILES string of the molecule is C[Si](C)(C)C(F)(F)F.O=C(OCc1ccccc1)N1CCC(C(O)C(F)(F)F)CC1.O=CC1CCN(C(=O)OCc2ccccc2)CC1.OC(C1CCNCC1)C(F)(F)F.[W].[W].[W].[W]. The summed E-state index contributed by atoms with van der Waals surface area (Å²) in [4.78, 5) is 37.3. The van der Waals surface area contributed by atoms with Gasteiger partial charge in [0.05, 0.1) is 0 Å². The van der Waals surface area contributed by atoms with Crippen LogP contribution < -0.4 is 5.32 Å². The molecule has 3 fully saturated rings. The van der Waals surface area contributed by atoms with E-state index in [4.69, 9.17) is 14.6 Å². The van der Waals surface area contributed by atoms with E-state index in [1.165, 1.54) is 24.5 Å². The Morgan fingerprint density at radius 3 is 1.25 bits per heavy atom. The Labute approximate surface area is 426 Å². The number of nitrogens with zero attached hydrogens (tertiary/aromatic N) is 2. The number of piperidine rings is 3. The number of carbonyl (C=O) groups is 3. The van der Waals surface area contributed by atoms with Crippen molar-refractivity contribution in [1.29, 1.82) is 0 Å². The molecule has 0 spiro atoms. The summed E-state index contributed by atoms with van der Waals surface area (Å²) >= 11 is 0. The van der Waals surface area contributed by atoms with E-state index in [0.717, 1.165) is 30.3 Å². The number of benzene rings is 2. The van der Waals surface area contributed by atoms with Gasteiger partial charge in [0.1, 0.15) is 19.5 Å². The molecule has 3 N–H and O–H groups in total. The van der Waals surface area contributed by atoms with Gasteiger partial charge in [0.25, 0.3) is 0 Å². The molecule has 2 aromatic rings. The molecule has 0 saturated carbocycles. The van der Waals surface area contributed by atoms with Crippen molar-refractivity contribution in [2.75, 3.05) is 39.3 Å². The third-order valence-corrected chi connectivity index (χ3v) is 11.7. The van der Waals surface area contributed by atoms with Crippen LogP contribution in [-0.4, -0.2) is 116 Å². The van der Waals surface area contributed by atoms with Gasteiger partial charge in [0.2, 0.25) is 0 Å². The van der Waals surface area contributed by atoms with Gasteiger partial charge in [0, 0.05) is 116 Å². The number of aldehydes is 1. The van der Waals surface area contributed by atoms with Gasteiger partial charge in [0.15, 0.2) is 20.3 Å². The van der Waals surface area contributed by atoms with Crippen LogP contribution in [-0.2, 0) is 112 Å². The van der Waals surface area contributed by atoms with Crippen LogP contribution in [0.4, 0.5) is 49.1 Å². The number of rotatable bonds is 7. The molecule has 0 aromatic heterocycles. The number of likely N-dealkylation sites (tertiary alicyclic amines) is 2. The molecular formula is C40H56F9N3O7SiW4.